The van der Waals surface area contributed by atoms with Crippen molar-refractivity contribution in [2.45, 2.75) is 18.4 Å². The number of aromatic nitrogens is 1. The molecule has 3 nitrogen and oxygen atoms in total. The Morgan fingerprint density at radius 2 is 1.83 bits per heavy atom. The largest absolute Gasteiger partial charge is 0.279 e. The summed E-state index contributed by atoms with van der Waals surface area (Å²) in [5.41, 5.74) is 2.69. The highest BCUT2D eigenvalue weighted by molar-refractivity contribution is 9.10. The van der Waals surface area contributed by atoms with Gasteiger partial charge in [-0.3, -0.25) is 9.69 Å². The van der Waals surface area contributed by atoms with Crippen LogP contribution in [0.25, 0.3) is 10.2 Å². The number of carbonyl (C=O) groups is 1. The van der Waals surface area contributed by atoms with Gasteiger partial charge in [-0.15, -0.1) is 11.8 Å². The first-order valence-electron chi connectivity index (χ1n) is 9.29. The number of amides is 1. The Morgan fingerprint density at radius 1 is 1.07 bits per heavy atom. The van der Waals surface area contributed by atoms with Gasteiger partial charge in [-0.05, 0) is 41.6 Å². The summed E-state index contributed by atoms with van der Waals surface area (Å²) >= 11 is 6.74. The molecule has 0 bridgehead atoms. The Kier molecular flexibility index (Phi) is 6.33. The van der Waals surface area contributed by atoms with Gasteiger partial charge in [-0.25, -0.2) is 4.98 Å². The second-order valence-corrected chi connectivity index (χ2v) is 9.65. The molecule has 0 unspecified atom stereocenters. The van der Waals surface area contributed by atoms with E-state index in [1.807, 2.05) is 72.8 Å². The summed E-state index contributed by atoms with van der Waals surface area (Å²) in [6.07, 6.45) is 0. The van der Waals surface area contributed by atoms with Crippen LogP contribution in [-0.2, 0) is 6.54 Å². The lowest BCUT2D eigenvalue weighted by atomic mass is 10.1. The van der Waals surface area contributed by atoms with Crippen molar-refractivity contribution >= 4 is 60.3 Å². The third-order valence-corrected chi connectivity index (χ3v) is 6.91. The van der Waals surface area contributed by atoms with Gasteiger partial charge < -0.3 is 0 Å². The molecule has 1 aromatic heterocycles. The summed E-state index contributed by atoms with van der Waals surface area (Å²) in [6.45, 7) is 2.57. The Balaban J connectivity index is 1.78. The van der Waals surface area contributed by atoms with Crippen LogP contribution < -0.4 is 4.90 Å². The van der Waals surface area contributed by atoms with Crippen molar-refractivity contribution in [3.63, 3.8) is 0 Å². The summed E-state index contributed by atoms with van der Waals surface area (Å²) in [7, 11) is 0. The number of thiazole rings is 1. The van der Waals surface area contributed by atoms with E-state index in [9.17, 15) is 4.79 Å². The maximum absolute atomic E-state index is 13.7. The number of fused-ring (bicyclic) bond motifs is 1. The number of anilines is 1. The van der Waals surface area contributed by atoms with Gasteiger partial charge in [0.2, 0.25) is 0 Å². The fraction of sp³-hybridized carbons (Fsp3) is 0.130. The van der Waals surface area contributed by atoms with E-state index in [1.165, 1.54) is 11.3 Å². The van der Waals surface area contributed by atoms with Crippen molar-refractivity contribution in [1.29, 1.82) is 0 Å². The highest BCUT2D eigenvalue weighted by atomic mass is 79.9. The quantitative estimate of drug-likeness (QED) is 0.277. The number of thioether (sulfide) groups is 1. The van der Waals surface area contributed by atoms with Gasteiger partial charge in [0.15, 0.2) is 5.13 Å². The van der Waals surface area contributed by atoms with Crippen molar-refractivity contribution in [2.75, 3.05) is 10.7 Å². The Hall–Kier alpha value is -2.15. The predicted octanol–water partition coefficient (Wildman–Crippen LogP) is 7.02. The predicted molar refractivity (Wildman–Crippen MR) is 127 cm³/mol. The maximum atomic E-state index is 13.7. The highest BCUT2D eigenvalue weighted by Gasteiger charge is 2.23. The normalized spacial score (nSPS) is 11.0. The van der Waals surface area contributed by atoms with Gasteiger partial charge in [0, 0.05) is 9.37 Å². The van der Waals surface area contributed by atoms with Crippen LogP contribution in [0.1, 0.15) is 22.8 Å². The number of hydrogen-bond donors (Lipinski definition) is 0. The second-order valence-electron chi connectivity index (χ2n) is 6.41. The summed E-state index contributed by atoms with van der Waals surface area (Å²) < 4.78 is 2.06. The zero-order valence-corrected chi connectivity index (χ0v) is 19.1. The molecule has 0 aliphatic rings. The minimum Gasteiger partial charge on any atom is -0.279 e. The van der Waals surface area contributed by atoms with E-state index in [0.29, 0.717) is 11.7 Å². The van der Waals surface area contributed by atoms with Crippen molar-refractivity contribution in [3.8, 4) is 0 Å². The molecule has 4 rings (SSSR count). The molecule has 1 heterocycles. The number of benzene rings is 3. The van der Waals surface area contributed by atoms with Crippen LogP contribution in [-0.4, -0.2) is 16.6 Å². The van der Waals surface area contributed by atoms with Gasteiger partial charge in [0.1, 0.15) is 0 Å². The van der Waals surface area contributed by atoms with Crippen molar-refractivity contribution in [2.24, 2.45) is 0 Å². The molecule has 146 valence electrons. The first-order valence-corrected chi connectivity index (χ1v) is 11.9. The van der Waals surface area contributed by atoms with Gasteiger partial charge in [0.05, 0.1) is 22.3 Å². The van der Waals surface area contributed by atoms with E-state index in [2.05, 4.69) is 22.9 Å². The Labute approximate surface area is 186 Å². The van der Waals surface area contributed by atoms with Crippen LogP contribution in [0.3, 0.4) is 0 Å². The summed E-state index contributed by atoms with van der Waals surface area (Å²) in [4.78, 5) is 21.2. The maximum Gasteiger partial charge on any atom is 0.261 e. The molecule has 0 saturated heterocycles. The van der Waals surface area contributed by atoms with Crippen LogP contribution in [0.2, 0.25) is 0 Å². The SMILES string of the molecule is CCSc1ccccc1C(=O)N(Cc1ccccc1)c1nc2ccc(Br)cc2s1. The molecule has 3 aromatic carbocycles. The zero-order chi connectivity index (χ0) is 20.2. The number of nitrogens with zero attached hydrogens (tertiary/aromatic N) is 2. The van der Waals surface area contributed by atoms with Crippen LogP contribution in [0, 0.1) is 0 Å². The minimum atomic E-state index is -0.0245. The average Bonchev–Trinajstić information content (AvgIpc) is 3.16. The van der Waals surface area contributed by atoms with Crippen molar-refractivity contribution in [1.82, 2.24) is 4.98 Å². The molecule has 0 fully saturated rings. The molecule has 1 amide bonds. The summed E-state index contributed by atoms with van der Waals surface area (Å²) in [5, 5.41) is 0.711. The van der Waals surface area contributed by atoms with E-state index in [4.69, 9.17) is 4.98 Å². The second kappa shape index (κ2) is 9.11. The first-order chi connectivity index (χ1) is 14.2. The Morgan fingerprint density at radius 3 is 2.62 bits per heavy atom. The lowest BCUT2D eigenvalue weighted by molar-refractivity contribution is 0.0982. The van der Waals surface area contributed by atoms with Crippen LogP contribution in [0.5, 0.6) is 0 Å². The molecule has 0 aliphatic carbocycles. The molecule has 0 N–H and O–H groups in total. The van der Waals surface area contributed by atoms with Gasteiger partial charge >= 0.3 is 0 Å². The molecule has 6 heteroatoms. The fourth-order valence-corrected chi connectivity index (χ4v) is 5.38. The van der Waals surface area contributed by atoms with E-state index in [-0.39, 0.29) is 5.91 Å². The smallest absolute Gasteiger partial charge is 0.261 e. The monoisotopic (exact) mass is 482 g/mol. The standard InChI is InChI=1S/C23H19BrN2OS2/c1-2-28-20-11-7-6-10-18(20)22(27)26(15-16-8-4-3-5-9-16)23-25-19-13-12-17(24)14-21(19)29-23/h3-14H,2,15H2,1H3. The number of carbonyl (C=O) groups excluding carboxylic acids is 1. The molecule has 0 aliphatic heterocycles. The molecule has 0 atom stereocenters. The lowest BCUT2D eigenvalue weighted by Crippen LogP contribution is -2.30. The van der Waals surface area contributed by atoms with Crippen LogP contribution >= 0.6 is 39.0 Å². The summed E-state index contributed by atoms with van der Waals surface area (Å²) in [6, 6.07) is 23.9. The summed E-state index contributed by atoms with van der Waals surface area (Å²) in [5.74, 6) is 0.890. The van der Waals surface area contributed by atoms with Gasteiger partial charge in [-0.2, -0.15) is 0 Å². The van der Waals surface area contributed by atoms with Crippen molar-refractivity contribution in [3.05, 3.63) is 88.4 Å². The number of rotatable bonds is 6. The third-order valence-electron chi connectivity index (χ3n) is 4.42. The Bertz CT molecular complexity index is 1140. The number of hydrogen-bond acceptors (Lipinski definition) is 4. The van der Waals surface area contributed by atoms with Crippen molar-refractivity contribution < 1.29 is 4.79 Å². The highest BCUT2D eigenvalue weighted by Crippen LogP contribution is 2.33. The molecule has 0 saturated carbocycles. The van der Waals surface area contributed by atoms with E-state index in [0.717, 1.165) is 36.5 Å². The third kappa shape index (κ3) is 4.55. The van der Waals surface area contributed by atoms with Crippen LogP contribution in [0.15, 0.2) is 82.2 Å². The lowest BCUT2D eigenvalue weighted by Gasteiger charge is -2.21. The van der Waals surface area contributed by atoms with Gasteiger partial charge in [-0.1, -0.05) is 76.7 Å². The fourth-order valence-electron chi connectivity index (χ4n) is 3.06. The molecule has 29 heavy (non-hydrogen) atoms. The zero-order valence-electron chi connectivity index (χ0n) is 15.8. The molecule has 4 aromatic rings. The average molecular weight is 483 g/mol. The minimum absolute atomic E-state index is 0.0245. The first kappa shape index (κ1) is 20.1. The molecular formula is C23H19BrN2OS2. The van der Waals surface area contributed by atoms with Crippen LogP contribution in [0.4, 0.5) is 5.13 Å². The van der Waals surface area contributed by atoms with E-state index in [1.54, 1.807) is 16.7 Å². The number of halogens is 1. The van der Waals surface area contributed by atoms with Gasteiger partial charge in [0.25, 0.3) is 5.91 Å². The van der Waals surface area contributed by atoms with E-state index < -0.39 is 0 Å². The topological polar surface area (TPSA) is 33.2 Å². The molecular weight excluding hydrogens is 464 g/mol. The molecule has 0 radical (unpaired) electrons. The molecule has 0 spiro atoms. The van der Waals surface area contributed by atoms with E-state index >= 15 is 0 Å².